The van der Waals surface area contributed by atoms with Crippen LogP contribution in [0.4, 0.5) is 5.95 Å². The summed E-state index contributed by atoms with van der Waals surface area (Å²) in [5.74, 6) is -0.310. The smallest absolute Gasteiger partial charge is 0.323 e. The zero-order valence-electron chi connectivity index (χ0n) is 21.0. The first-order valence-corrected chi connectivity index (χ1v) is 15.1. The minimum absolute atomic E-state index is 0.0237. The summed E-state index contributed by atoms with van der Waals surface area (Å²) in [5, 5.41) is 13.9. The molecule has 5 N–H and O–H groups in total. The number of nitrogen functional groups attached to an aromatic ring is 1. The second kappa shape index (κ2) is 11.7. The maximum absolute atomic E-state index is 12.4. The molecule has 0 amide bonds. The molecule has 2 aromatic heterocycles. The van der Waals surface area contributed by atoms with E-state index in [2.05, 4.69) is 20.0 Å². The van der Waals surface area contributed by atoms with Crippen molar-refractivity contribution < 1.29 is 28.4 Å². The number of aliphatic hydroxyl groups excluding tert-OH is 1. The minimum Gasteiger partial charge on any atom is -0.462 e. The Hall–Kier alpha value is -2.29. The third-order valence-electron chi connectivity index (χ3n) is 5.52. The number of H-pyrrole nitrogens is 1. The monoisotopic (exact) mass is 620 g/mol. The number of nitrogens with two attached hydrogens (primary N) is 1. The summed E-state index contributed by atoms with van der Waals surface area (Å²) in [6, 6.07) is 7.76. The van der Waals surface area contributed by atoms with Gasteiger partial charge in [0.15, 0.2) is 21.7 Å². The van der Waals surface area contributed by atoms with Gasteiger partial charge in [-0.15, -0.1) is 0 Å². The maximum Gasteiger partial charge on any atom is 0.323 e. The topological polar surface area (TPSA) is 176 Å². The lowest BCUT2D eigenvalue weighted by Crippen LogP contribution is -2.39. The lowest BCUT2D eigenvalue weighted by Gasteiger charge is -2.28. The van der Waals surface area contributed by atoms with E-state index < -0.39 is 47.0 Å². The number of ether oxygens (including phenoxy) is 2. The van der Waals surface area contributed by atoms with Crippen LogP contribution in [0.25, 0.3) is 11.2 Å². The summed E-state index contributed by atoms with van der Waals surface area (Å²) in [4.78, 5) is 35.1. The predicted octanol–water partition coefficient (Wildman–Crippen LogP) is 2.38. The van der Waals surface area contributed by atoms with E-state index in [0.29, 0.717) is 5.75 Å². The molecule has 212 valence electrons. The summed E-state index contributed by atoms with van der Waals surface area (Å²) >= 11 is 18.7. The molecule has 0 aliphatic carbocycles. The molecule has 1 aliphatic heterocycles. The third kappa shape index (κ3) is 6.55. The van der Waals surface area contributed by atoms with Crippen LogP contribution < -0.4 is 20.9 Å². The molecule has 0 spiro atoms. The molecular weight excluding hydrogens is 594 g/mol. The SMILES string of the molecule is CC(C)OC(=O)[C@@H](C)NP(=S)(OC[C@H]1O[C@@H](n2cnc3c(=O)[nH]c(N)nc32)C(Cl)(Cl)[C@@H]1O)Oc1ccccc1. The fourth-order valence-electron chi connectivity index (χ4n) is 3.73. The van der Waals surface area contributed by atoms with Crippen LogP contribution in [-0.4, -0.2) is 65.9 Å². The molecule has 17 heteroatoms. The largest absolute Gasteiger partial charge is 0.462 e. The number of esters is 1. The van der Waals surface area contributed by atoms with Crippen LogP contribution in [-0.2, 0) is 30.6 Å². The quantitative estimate of drug-likeness (QED) is 0.148. The van der Waals surface area contributed by atoms with Gasteiger partial charge in [-0.2, -0.15) is 4.98 Å². The number of anilines is 1. The number of hydrogen-bond donors (Lipinski definition) is 4. The Morgan fingerprint density at radius 3 is 2.72 bits per heavy atom. The number of halogens is 2. The number of aromatic nitrogens is 4. The first-order chi connectivity index (χ1) is 18.3. The van der Waals surface area contributed by atoms with Gasteiger partial charge in [-0.05, 0) is 44.7 Å². The van der Waals surface area contributed by atoms with Crippen molar-refractivity contribution in [1.82, 2.24) is 24.6 Å². The van der Waals surface area contributed by atoms with Crippen LogP contribution in [0.2, 0.25) is 0 Å². The van der Waals surface area contributed by atoms with E-state index in [1.165, 1.54) is 10.9 Å². The number of aromatic amines is 1. The van der Waals surface area contributed by atoms with Gasteiger partial charge in [0, 0.05) is 0 Å². The average Bonchev–Trinajstić information content (AvgIpc) is 3.36. The first kappa shape index (κ1) is 29.7. The second-order valence-corrected chi connectivity index (χ2v) is 13.5. The van der Waals surface area contributed by atoms with Crippen molar-refractivity contribution >= 4 is 64.7 Å². The molecule has 3 aromatic rings. The average molecular weight is 621 g/mol. The second-order valence-electron chi connectivity index (χ2n) is 8.96. The zero-order chi connectivity index (χ0) is 28.5. The molecule has 1 aliphatic rings. The Morgan fingerprint density at radius 1 is 1.36 bits per heavy atom. The van der Waals surface area contributed by atoms with Crippen LogP contribution in [0.3, 0.4) is 0 Å². The predicted molar refractivity (Wildman–Crippen MR) is 148 cm³/mol. The zero-order valence-corrected chi connectivity index (χ0v) is 24.2. The van der Waals surface area contributed by atoms with Crippen molar-refractivity contribution in [2.45, 2.75) is 55.7 Å². The van der Waals surface area contributed by atoms with Crippen molar-refractivity contribution in [3.8, 4) is 5.75 Å². The number of nitrogens with zero attached hydrogens (tertiary/aromatic N) is 3. The number of fused-ring (bicyclic) bond motifs is 1. The van der Waals surface area contributed by atoms with Gasteiger partial charge in [0.25, 0.3) is 5.56 Å². The van der Waals surface area contributed by atoms with Gasteiger partial charge >= 0.3 is 12.6 Å². The van der Waals surface area contributed by atoms with E-state index in [9.17, 15) is 14.7 Å². The lowest BCUT2D eigenvalue weighted by atomic mass is 10.2. The summed E-state index contributed by atoms with van der Waals surface area (Å²) in [6.07, 6.45) is -2.91. The van der Waals surface area contributed by atoms with E-state index >= 15 is 0 Å². The molecule has 39 heavy (non-hydrogen) atoms. The Kier molecular flexibility index (Phi) is 8.89. The molecule has 5 atom stereocenters. The number of alkyl halides is 2. The van der Waals surface area contributed by atoms with Crippen molar-refractivity contribution in [2.75, 3.05) is 12.3 Å². The Labute approximate surface area is 238 Å². The number of para-hydroxylation sites is 1. The molecule has 1 aromatic carbocycles. The van der Waals surface area contributed by atoms with Crippen molar-refractivity contribution in [3.05, 3.63) is 47.0 Å². The molecule has 13 nitrogen and oxygen atoms in total. The number of benzene rings is 1. The number of carbonyl (C=O) groups excluding carboxylic acids is 1. The van der Waals surface area contributed by atoms with Crippen LogP contribution in [0, 0.1) is 0 Å². The first-order valence-electron chi connectivity index (χ1n) is 11.7. The maximum atomic E-state index is 12.4. The van der Waals surface area contributed by atoms with Gasteiger partial charge in [-0.25, -0.2) is 10.1 Å². The third-order valence-corrected chi connectivity index (χ3v) is 8.84. The van der Waals surface area contributed by atoms with Gasteiger partial charge in [0.2, 0.25) is 5.95 Å². The molecule has 0 saturated carbocycles. The standard InChI is InChI=1S/C22H27Cl2N6O7PS/c1-11(2)35-19(33)12(3)29-38(39,37-13-7-5-4-6-8-13)34-9-14-16(31)22(23,24)20(36-14)30-10-26-15-17(30)27-21(25)28-18(15)32/h4-8,10-12,14,16,20,31H,9H2,1-3H3,(H,29,39)(H3,25,27,28,32)/t12-,14-,16-,20-,38?/m1/s1. The van der Waals surface area contributed by atoms with Gasteiger partial charge < -0.3 is 29.4 Å². The van der Waals surface area contributed by atoms with E-state index in [4.69, 9.17) is 59.3 Å². The fourth-order valence-corrected chi connectivity index (χ4v) is 6.74. The lowest BCUT2D eigenvalue weighted by molar-refractivity contribution is -0.149. The van der Waals surface area contributed by atoms with E-state index in [0.717, 1.165) is 0 Å². The summed E-state index contributed by atoms with van der Waals surface area (Å²) < 4.78 is 22.5. The normalized spacial score (nSPS) is 23.0. The number of nitrogens with one attached hydrogen (secondary N) is 2. The minimum atomic E-state index is -3.44. The van der Waals surface area contributed by atoms with Gasteiger partial charge in [-0.1, -0.05) is 41.4 Å². The highest BCUT2D eigenvalue weighted by Crippen LogP contribution is 2.50. The highest BCUT2D eigenvalue weighted by Gasteiger charge is 2.56. The Morgan fingerprint density at radius 2 is 2.05 bits per heavy atom. The number of carbonyl (C=O) groups is 1. The molecule has 0 bridgehead atoms. The summed E-state index contributed by atoms with van der Waals surface area (Å²) in [6.45, 7) is 1.24. The number of aliphatic hydroxyl groups is 1. The van der Waals surface area contributed by atoms with Crippen molar-refractivity contribution in [3.63, 3.8) is 0 Å². The molecule has 3 heterocycles. The Balaban J connectivity index is 1.56. The van der Waals surface area contributed by atoms with Gasteiger partial charge in [0.05, 0.1) is 19.0 Å². The molecule has 0 radical (unpaired) electrons. The molecular formula is C22H27Cl2N6O7PS. The van der Waals surface area contributed by atoms with E-state index in [1.807, 2.05) is 0 Å². The van der Waals surface area contributed by atoms with Crippen LogP contribution in [0.15, 0.2) is 41.5 Å². The molecule has 4 rings (SSSR count). The number of rotatable bonds is 10. The molecule has 1 unspecified atom stereocenters. The van der Waals surface area contributed by atoms with Gasteiger partial charge in [-0.3, -0.25) is 19.1 Å². The van der Waals surface area contributed by atoms with E-state index in [-0.39, 0.29) is 29.8 Å². The highest BCUT2D eigenvalue weighted by molar-refractivity contribution is 8.09. The van der Waals surface area contributed by atoms with Crippen LogP contribution in [0.1, 0.15) is 27.0 Å². The fraction of sp³-hybridized carbons (Fsp3) is 0.455. The molecule has 1 fully saturated rings. The Bertz CT molecular complexity index is 1440. The molecule has 1 saturated heterocycles. The van der Waals surface area contributed by atoms with Crippen molar-refractivity contribution in [2.24, 2.45) is 0 Å². The van der Waals surface area contributed by atoms with Crippen LogP contribution in [0.5, 0.6) is 5.75 Å². The number of hydrogen-bond acceptors (Lipinski definition) is 11. The number of imidazole rings is 1. The van der Waals surface area contributed by atoms with Crippen LogP contribution >= 0.6 is 29.8 Å². The highest BCUT2D eigenvalue weighted by atomic mass is 35.5. The van der Waals surface area contributed by atoms with E-state index in [1.54, 1.807) is 51.1 Å². The summed E-state index contributed by atoms with van der Waals surface area (Å²) in [5.41, 5.74) is 5.13. The van der Waals surface area contributed by atoms with Crippen molar-refractivity contribution in [1.29, 1.82) is 0 Å². The van der Waals surface area contributed by atoms with Gasteiger partial charge in [0.1, 0.15) is 24.0 Å². The summed E-state index contributed by atoms with van der Waals surface area (Å²) in [7, 11) is 0.